The molecule has 0 saturated heterocycles. The first kappa shape index (κ1) is 49.5. The summed E-state index contributed by atoms with van der Waals surface area (Å²) in [5, 5.41) is 8.99. The van der Waals surface area contributed by atoms with Gasteiger partial charge in [-0.25, -0.2) is 15.0 Å². The summed E-state index contributed by atoms with van der Waals surface area (Å²) in [5.41, 5.74) is 22.9. The summed E-state index contributed by atoms with van der Waals surface area (Å²) in [6.45, 7) is 0. The second kappa shape index (κ2) is 19.8. The number of hydrogen-bond acceptors (Lipinski definition) is 5. The van der Waals surface area contributed by atoms with Crippen LogP contribution in [0.4, 0.5) is 0 Å². The molecule has 0 radical (unpaired) electrons. The van der Waals surface area contributed by atoms with Crippen LogP contribution in [0.1, 0.15) is 0 Å². The van der Waals surface area contributed by atoms with Crippen molar-refractivity contribution in [1.29, 1.82) is 0 Å². The summed E-state index contributed by atoms with van der Waals surface area (Å²) < 4.78 is 18.0. The smallest absolute Gasteiger partial charge is 0.160 e. The van der Waals surface area contributed by atoms with Crippen LogP contribution in [-0.4, -0.2) is 24.1 Å². The number of hydrogen-bond donors (Lipinski definition) is 0. The van der Waals surface area contributed by atoms with E-state index in [1.165, 1.54) is 10.8 Å². The lowest BCUT2D eigenvalue weighted by Gasteiger charge is -2.13. The molecule has 7 heteroatoms. The molecule has 0 N–H and O–H groups in total. The Labute approximate surface area is 504 Å². The van der Waals surface area contributed by atoms with Crippen LogP contribution in [-0.2, 0) is 0 Å². The van der Waals surface area contributed by atoms with E-state index < -0.39 is 0 Å². The predicted octanol–water partition coefficient (Wildman–Crippen LogP) is 21.5. The van der Waals surface area contributed by atoms with Crippen molar-refractivity contribution < 1.29 is 8.83 Å². The molecule has 0 aliphatic rings. The number of aromatic nitrogens is 5. The minimum absolute atomic E-state index is 0.686. The molecule has 12 aromatic carbocycles. The van der Waals surface area contributed by atoms with Gasteiger partial charge in [0.1, 0.15) is 22.3 Å². The van der Waals surface area contributed by atoms with Gasteiger partial charge >= 0.3 is 0 Å². The number of rotatable bonds is 9. The summed E-state index contributed by atoms with van der Waals surface area (Å²) in [6.07, 6.45) is 0. The van der Waals surface area contributed by atoms with Gasteiger partial charge in [-0.2, -0.15) is 0 Å². The second-order valence-electron chi connectivity index (χ2n) is 22.7. The van der Waals surface area contributed by atoms with Gasteiger partial charge in [0.2, 0.25) is 0 Å². The summed E-state index contributed by atoms with van der Waals surface area (Å²) in [6, 6.07) is 105. The van der Waals surface area contributed by atoms with E-state index in [-0.39, 0.29) is 0 Å². The predicted molar refractivity (Wildman–Crippen MR) is 361 cm³/mol. The lowest BCUT2D eigenvalue weighted by molar-refractivity contribution is 0.669. The molecule has 0 unspecified atom stereocenters. The molecule has 0 atom stereocenters. The highest BCUT2D eigenvalue weighted by atomic mass is 16.3. The van der Waals surface area contributed by atoms with Crippen molar-refractivity contribution in [1.82, 2.24) is 24.1 Å². The molecule has 0 spiro atoms. The Kier molecular flexibility index (Phi) is 11.2. The normalized spacial score (nSPS) is 11.9. The van der Waals surface area contributed by atoms with Crippen molar-refractivity contribution in [3.8, 4) is 90.0 Å². The molecule has 0 aliphatic heterocycles. The monoisotopic (exact) mass is 1120 g/mol. The van der Waals surface area contributed by atoms with Crippen molar-refractivity contribution in [2.24, 2.45) is 0 Å². The fraction of sp³-hybridized carbons (Fsp3) is 0. The molecule has 88 heavy (non-hydrogen) atoms. The van der Waals surface area contributed by atoms with Gasteiger partial charge in [0.25, 0.3) is 0 Å². The van der Waals surface area contributed by atoms with Crippen LogP contribution in [0.25, 0.3) is 178 Å². The van der Waals surface area contributed by atoms with Crippen molar-refractivity contribution in [3.05, 3.63) is 297 Å². The molecule has 0 saturated carbocycles. The van der Waals surface area contributed by atoms with Gasteiger partial charge in [-0.05, 0) is 119 Å². The first-order chi connectivity index (χ1) is 43.6. The molecule has 18 rings (SSSR count). The molecule has 18 aromatic rings. The highest BCUT2D eigenvalue weighted by molar-refractivity contribution is 6.24. The maximum absolute atomic E-state index is 6.86. The average molecular weight is 1120 g/mol. The fourth-order valence-electron chi connectivity index (χ4n) is 13.3. The minimum Gasteiger partial charge on any atom is -0.456 e. The zero-order chi connectivity index (χ0) is 57.8. The number of nitrogens with zero attached hydrogens (tertiary/aromatic N) is 5. The van der Waals surface area contributed by atoms with Gasteiger partial charge in [0.05, 0.1) is 50.2 Å². The van der Waals surface area contributed by atoms with Crippen LogP contribution in [0.3, 0.4) is 0 Å². The summed E-state index contributed by atoms with van der Waals surface area (Å²) in [5.74, 6) is 0.686. The summed E-state index contributed by atoms with van der Waals surface area (Å²) in [4.78, 5) is 15.6. The highest BCUT2D eigenvalue weighted by Gasteiger charge is 2.22. The Balaban J connectivity index is 0.739. The summed E-state index contributed by atoms with van der Waals surface area (Å²) in [7, 11) is 0. The number of fused-ring (bicyclic) bond motifs is 13. The van der Waals surface area contributed by atoms with Gasteiger partial charge in [-0.15, -0.1) is 0 Å². The van der Waals surface area contributed by atoms with E-state index in [0.717, 1.165) is 161 Å². The van der Waals surface area contributed by atoms with Crippen LogP contribution in [0.2, 0.25) is 0 Å². The van der Waals surface area contributed by atoms with E-state index >= 15 is 0 Å². The molecule has 6 aromatic heterocycles. The standard InChI is InChI=1S/C81H49N5O2/c1-4-17-51(18-5-1)68-45-58(50-31-36-60(37-32-50)86-72-28-13-10-25-61(72)65-47-66-63-27-12-14-29-76(63)87-78(66)49-75(65)86)46-69(82-68)57-24-16-23-55(43-57)56-35-41-73-67(44-56)79-74(42-40-64-62-26-11-15-30-77(62)88-80(64)79)85(73)59-38-33-53(34-39-59)71-48-70(52-19-6-2-7-20-52)83-81(84-71)54-21-8-3-9-22-54/h1-49H. The average Bonchev–Trinajstić information content (AvgIpc) is 1.61. The van der Waals surface area contributed by atoms with Crippen LogP contribution < -0.4 is 0 Å². The van der Waals surface area contributed by atoms with E-state index in [4.69, 9.17) is 23.8 Å². The zero-order valence-corrected chi connectivity index (χ0v) is 47.3. The number of furan rings is 2. The van der Waals surface area contributed by atoms with Gasteiger partial charge in [0, 0.05) is 83.0 Å². The third-order valence-electron chi connectivity index (χ3n) is 17.5. The van der Waals surface area contributed by atoms with Crippen molar-refractivity contribution in [2.45, 2.75) is 0 Å². The van der Waals surface area contributed by atoms with E-state index in [2.05, 4.69) is 252 Å². The third-order valence-corrected chi connectivity index (χ3v) is 17.5. The number of benzene rings is 12. The van der Waals surface area contributed by atoms with Crippen LogP contribution in [0.5, 0.6) is 0 Å². The zero-order valence-electron chi connectivity index (χ0n) is 47.3. The highest BCUT2D eigenvalue weighted by Crippen LogP contribution is 2.44. The fourth-order valence-corrected chi connectivity index (χ4v) is 13.3. The Morgan fingerprint density at radius 1 is 0.227 bits per heavy atom. The van der Waals surface area contributed by atoms with Gasteiger partial charge in [-0.3, -0.25) is 0 Å². The maximum Gasteiger partial charge on any atom is 0.160 e. The molecular weight excluding hydrogens is 1070 g/mol. The number of pyridine rings is 1. The molecule has 0 fully saturated rings. The van der Waals surface area contributed by atoms with Crippen LogP contribution in [0, 0.1) is 0 Å². The first-order valence-electron chi connectivity index (χ1n) is 29.7. The molecule has 7 nitrogen and oxygen atoms in total. The maximum atomic E-state index is 6.86. The lowest BCUT2D eigenvalue weighted by atomic mass is 9.97. The lowest BCUT2D eigenvalue weighted by Crippen LogP contribution is -1.97. The van der Waals surface area contributed by atoms with E-state index in [9.17, 15) is 0 Å². The molecular formula is C81H49N5O2. The van der Waals surface area contributed by atoms with Gasteiger partial charge in [-0.1, -0.05) is 194 Å². The number of para-hydroxylation sites is 3. The Bertz CT molecular complexity index is 5720. The largest absolute Gasteiger partial charge is 0.456 e. The minimum atomic E-state index is 0.686. The third kappa shape index (κ3) is 8.09. The Morgan fingerprint density at radius 3 is 1.43 bits per heavy atom. The van der Waals surface area contributed by atoms with Crippen molar-refractivity contribution >= 4 is 87.5 Å². The van der Waals surface area contributed by atoms with E-state index in [0.29, 0.717) is 5.82 Å². The SMILES string of the molecule is c1ccc(-c2cc(-c3ccc(-n4c5ccccc5c5cc6c(cc54)oc4ccccc46)cc3)cc(-c3cccc(-c4ccc5c(c4)c4c6oc7ccccc7c6ccc4n5-c4ccc(-c5cc(-c6ccccc6)nc(-c6ccccc6)n5)cc4)c3)n2)cc1. The summed E-state index contributed by atoms with van der Waals surface area (Å²) >= 11 is 0. The molecule has 6 heterocycles. The van der Waals surface area contributed by atoms with Crippen molar-refractivity contribution in [2.75, 3.05) is 0 Å². The van der Waals surface area contributed by atoms with Crippen LogP contribution in [0.15, 0.2) is 306 Å². The van der Waals surface area contributed by atoms with Crippen molar-refractivity contribution in [3.63, 3.8) is 0 Å². The van der Waals surface area contributed by atoms with Gasteiger partial charge in [0.15, 0.2) is 5.82 Å². The quantitative estimate of drug-likeness (QED) is 0.144. The Morgan fingerprint density at radius 2 is 0.727 bits per heavy atom. The molecule has 0 aliphatic carbocycles. The second-order valence-corrected chi connectivity index (χ2v) is 22.7. The molecule has 0 amide bonds. The molecule has 410 valence electrons. The van der Waals surface area contributed by atoms with E-state index in [1.54, 1.807) is 0 Å². The Hall–Kier alpha value is -11.9. The van der Waals surface area contributed by atoms with E-state index in [1.807, 2.05) is 54.6 Å². The topological polar surface area (TPSA) is 74.8 Å². The first-order valence-corrected chi connectivity index (χ1v) is 29.7. The molecule has 0 bridgehead atoms. The van der Waals surface area contributed by atoms with Gasteiger partial charge < -0.3 is 18.0 Å². The van der Waals surface area contributed by atoms with Crippen LogP contribution >= 0.6 is 0 Å².